The fourth-order valence-corrected chi connectivity index (χ4v) is 1.65. The minimum atomic E-state index is 0.611. The van der Waals surface area contributed by atoms with Gasteiger partial charge in [-0.15, -0.1) is 0 Å². The number of nitrogens with two attached hydrogens (primary N) is 1. The summed E-state index contributed by atoms with van der Waals surface area (Å²) in [5, 5.41) is 2.22. The molecule has 0 fully saturated rings. The van der Waals surface area contributed by atoms with Gasteiger partial charge < -0.3 is 20.5 Å². The summed E-state index contributed by atoms with van der Waals surface area (Å²) in [6.07, 6.45) is 0. The highest BCUT2D eigenvalue weighted by atomic mass is 16.5. The Kier molecular flexibility index (Phi) is 7.41. The average Bonchev–Trinajstić information content (AvgIpc) is 2.37. The predicted molar refractivity (Wildman–Crippen MR) is 71.6 cm³/mol. The van der Waals surface area contributed by atoms with Gasteiger partial charge in [-0.2, -0.15) is 0 Å². The first-order valence-corrected chi connectivity index (χ1v) is 6.63. The summed E-state index contributed by atoms with van der Waals surface area (Å²) in [6.45, 7) is 9.24. The normalized spacial score (nSPS) is 10.6. The maximum atomic E-state index is 5.70. The summed E-state index contributed by atoms with van der Waals surface area (Å²) in [4.78, 5) is 0. The lowest BCUT2D eigenvalue weighted by Crippen LogP contribution is -2.88. The van der Waals surface area contributed by atoms with Crippen LogP contribution in [0.25, 0.3) is 0 Å². The molecule has 4 heteroatoms. The molecular formula is C14H26N2O2+2. The molecule has 0 radical (unpaired) electrons. The van der Waals surface area contributed by atoms with Crippen LogP contribution in [0.4, 0.5) is 0 Å². The predicted octanol–water partition coefficient (Wildman–Crippen LogP) is -0.496. The molecule has 18 heavy (non-hydrogen) atoms. The third-order valence-electron chi connectivity index (χ3n) is 2.91. The minimum Gasteiger partial charge on any atom is -0.491 e. The third-order valence-corrected chi connectivity index (χ3v) is 2.91. The number of hydrogen-bond acceptors (Lipinski definition) is 2. The molecule has 0 aromatic heterocycles. The van der Waals surface area contributed by atoms with Gasteiger partial charge in [0.1, 0.15) is 25.4 Å². The second-order valence-corrected chi connectivity index (χ2v) is 4.38. The number of aryl methyl sites for hydroxylation is 1. The maximum absolute atomic E-state index is 5.70. The van der Waals surface area contributed by atoms with E-state index in [0.717, 1.165) is 32.0 Å². The van der Waals surface area contributed by atoms with Crippen molar-refractivity contribution in [2.45, 2.75) is 13.8 Å². The molecule has 1 aromatic rings. The van der Waals surface area contributed by atoms with Crippen LogP contribution in [-0.2, 0) is 4.74 Å². The Hall–Kier alpha value is -1.10. The van der Waals surface area contributed by atoms with E-state index in [1.54, 1.807) is 0 Å². The van der Waals surface area contributed by atoms with Crippen LogP contribution in [-0.4, -0.2) is 39.5 Å². The van der Waals surface area contributed by atoms with Crippen LogP contribution in [0.3, 0.4) is 0 Å². The van der Waals surface area contributed by atoms with Crippen LogP contribution >= 0.6 is 0 Å². The van der Waals surface area contributed by atoms with Gasteiger partial charge >= 0.3 is 0 Å². The molecule has 0 saturated carbocycles. The highest BCUT2D eigenvalue weighted by molar-refractivity contribution is 5.38. The lowest BCUT2D eigenvalue weighted by Gasteiger charge is -2.10. The fourth-order valence-electron chi connectivity index (χ4n) is 1.65. The van der Waals surface area contributed by atoms with E-state index in [-0.39, 0.29) is 0 Å². The Labute approximate surface area is 109 Å². The topological polar surface area (TPSA) is 62.7 Å². The molecule has 1 rings (SSSR count). The molecule has 0 aliphatic rings. The first-order valence-electron chi connectivity index (χ1n) is 6.63. The molecule has 5 N–H and O–H groups in total. The zero-order valence-corrected chi connectivity index (χ0v) is 11.6. The van der Waals surface area contributed by atoms with Crippen LogP contribution in [0.2, 0.25) is 0 Å². The van der Waals surface area contributed by atoms with Gasteiger partial charge in [0.15, 0.2) is 0 Å². The maximum Gasteiger partial charge on any atom is 0.125 e. The Morgan fingerprint density at radius 3 is 2.72 bits per heavy atom. The molecule has 0 amide bonds. The summed E-state index contributed by atoms with van der Waals surface area (Å²) in [6, 6.07) is 6.12. The van der Waals surface area contributed by atoms with Crippen molar-refractivity contribution >= 4 is 0 Å². The molecule has 4 nitrogen and oxygen atoms in total. The fraction of sp³-hybridized carbons (Fsp3) is 0.571. The summed E-state index contributed by atoms with van der Waals surface area (Å²) in [5.74, 6) is 0.960. The standard InChI is InChI=1S/C14H24N2O2/c1-12-4-3-5-14(13(12)2)18-11-10-17-9-8-16-7-6-15/h3-5,16H,6-11,15H2,1-2H3/p+2. The smallest absolute Gasteiger partial charge is 0.125 e. The van der Waals surface area contributed by atoms with E-state index in [1.807, 2.05) is 12.1 Å². The molecular weight excluding hydrogens is 228 g/mol. The van der Waals surface area contributed by atoms with Crippen molar-refractivity contribution in [2.75, 3.05) is 39.5 Å². The third kappa shape index (κ3) is 5.49. The quantitative estimate of drug-likeness (QED) is 0.584. The van der Waals surface area contributed by atoms with Crippen molar-refractivity contribution < 1.29 is 20.5 Å². The molecule has 0 atom stereocenters. The number of ether oxygens (including phenoxy) is 2. The van der Waals surface area contributed by atoms with E-state index < -0.39 is 0 Å². The van der Waals surface area contributed by atoms with Crippen molar-refractivity contribution in [1.82, 2.24) is 0 Å². The molecule has 0 aliphatic carbocycles. The van der Waals surface area contributed by atoms with Crippen molar-refractivity contribution in [3.63, 3.8) is 0 Å². The molecule has 0 saturated heterocycles. The van der Waals surface area contributed by atoms with Gasteiger partial charge in [0, 0.05) is 0 Å². The van der Waals surface area contributed by atoms with Crippen LogP contribution in [0.1, 0.15) is 11.1 Å². The summed E-state index contributed by atoms with van der Waals surface area (Å²) < 4.78 is 11.2. The van der Waals surface area contributed by atoms with Gasteiger partial charge in [-0.05, 0) is 31.0 Å². The van der Waals surface area contributed by atoms with E-state index >= 15 is 0 Å². The monoisotopic (exact) mass is 254 g/mol. The van der Waals surface area contributed by atoms with Crippen LogP contribution in [0, 0.1) is 13.8 Å². The van der Waals surface area contributed by atoms with Crippen LogP contribution < -0.4 is 15.8 Å². The number of benzene rings is 1. The number of hydrogen-bond donors (Lipinski definition) is 2. The Morgan fingerprint density at radius 1 is 1.11 bits per heavy atom. The first kappa shape index (κ1) is 15.0. The Morgan fingerprint density at radius 2 is 1.94 bits per heavy atom. The molecule has 0 unspecified atom stereocenters. The molecule has 0 spiro atoms. The number of rotatable bonds is 9. The van der Waals surface area contributed by atoms with E-state index in [2.05, 4.69) is 31.0 Å². The molecule has 1 aromatic carbocycles. The second-order valence-electron chi connectivity index (χ2n) is 4.38. The van der Waals surface area contributed by atoms with Gasteiger partial charge in [-0.25, -0.2) is 0 Å². The molecule has 0 aliphatic heterocycles. The summed E-state index contributed by atoms with van der Waals surface area (Å²) in [7, 11) is 0. The summed E-state index contributed by atoms with van der Waals surface area (Å²) in [5.41, 5.74) is 6.26. The van der Waals surface area contributed by atoms with Crippen LogP contribution in [0.5, 0.6) is 5.75 Å². The zero-order chi connectivity index (χ0) is 13.2. The van der Waals surface area contributed by atoms with Gasteiger partial charge in [0.05, 0.1) is 19.8 Å². The highest BCUT2D eigenvalue weighted by Crippen LogP contribution is 2.20. The van der Waals surface area contributed by atoms with Gasteiger partial charge in [-0.1, -0.05) is 12.1 Å². The number of quaternary nitrogens is 2. The van der Waals surface area contributed by atoms with E-state index in [1.165, 1.54) is 11.1 Å². The molecule has 0 bridgehead atoms. The SMILES string of the molecule is Cc1cccc(OCCOCC[NH2+]CC[NH3+])c1C. The van der Waals surface area contributed by atoms with E-state index in [4.69, 9.17) is 9.47 Å². The Balaban J connectivity index is 2.09. The molecule has 102 valence electrons. The lowest BCUT2D eigenvalue weighted by molar-refractivity contribution is -0.671. The van der Waals surface area contributed by atoms with Crippen molar-refractivity contribution in [1.29, 1.82) is 0 Å². The second kappa shape index (κ2) is 8.91. The van der Waals surface area contributed by atoms with Crippen molar-refractivity contribution in [2.24, 2.45) is 0 Å². The van der Waals surface area contributed by atoms with E-state index in [9.17, 15) is 0 Å². The van der Waals surface area contributed by atoms with Crippen LogP contribution in [0.15, 0.2) is 18.2 Å². The highest BCUT2D eigenvalue weighted by Gasteiger charge is 2.01. The summed E-state index contributed by atoms with van der Waals surface area (Å²) >= 11 is 0. The lowest BCUT2D eigenvalue weighted by atomic mass is 10.1. The molecule has 0 heterocycles. The van der Waals surface area contributed by atoms with Gasteiger partial charge in [0.25, 0.3) is 0 Å². The van der Waals surface area contributed by atoms with Crippen molar-refractivity contribution in [3.8, 4) is 5.75 Å². The van der Waals surface area contributed by atoms with Crippen molar-refractivity contribution in [3.05, 3.63) is 29.3 Å². The first-order chi connectivity index (χ1) is 8.75. The van der Waals surface area contributed by atoms with E-state index in [0.29, 0.717) is 13.2 Å². The zero-order valence-electron chi connectivity index (χ0n) is 11.6. The minimum absolute atomic E-state index is 0.611. The Bertz CT molecular complexity index is 343. The van der Waals surface area contributed by atoms with Gasteiger partial charge in [0.2, 0.25) is 0 Å². The largest absolute Gasteiger partial charge is 0.491 e. The van der Waals surface area contributed by atoms with Gasteiger partial charge in [-0.3, -0.25) is 0 Å². The average molecular weight is 254 g/mol.